The Bertz CT molecular complexity index is 1170. The van der Waals surface area contributed by atoms with E-state index in [0.29, 0.717) is 5.56 Å². The van der Waals surface area contributed by atoms with Gasteiger partial charge in [0.25, 0.3) is 0 Å². The Hall–Kier alpha value is -3.31. The molecular formula is C25H21NO3S. The molecule has 4 rings (SSSR count). The fraction of sp³-hybridized carbons (Fsp3) is 0.120. The van der Waals surface area contributed by atoms with Gasteiger partial charge in [0.05, 0.1) is 30.3 Å². The highest BCUT2D eigenvalue weighted by Crippen LogP contribution is 2.34. The zero-order chi connectivity index (χ0) is 20.9. The summed E-state index contributed by atoms with van der Waals surface area (Å²) < 4.78 is 10.1. The monoisotopic (exact) mass is 415 g/mol. The standard InChI is InChI=1S/C25H21NO3S/c1-28-20-12-13-21-22(18-6-4-3-5-7-18)15-24(26-23(21)14-20)30-16-17-8-10-19(11-9-17)25(27)29-2/h3-15H,16H2,1-2H3. The van der Waals surface area contributed by atoms with Gasteiger partial charge in [0.1, 0.15) is 5.75 Å². The lowest BCUT2D eigenvalue weighted by Gasteiger charge is -2.11. The predicted molar refractivity (Wildman–Crippen MR) is 121 cm³/mol. The number of hydrogen-bond acceptors (Lipinski definition) is 5. The fourth-order valence-electron chi connectivity index (χ4n) is 3.25. The van der Waals surface area contributed by atoms with Crippen molar-refractivity contribution in [3.63, 3.8) is 0 Å². The quantitative estimate of drug-likeness (QED) is 0.286. The molecule has 0 atom stereocenters. The third-order valence-electron chi connectivity index (χ3n) is 4.84. The molecule has 0 unspecified atom stereocenters. The van der Waals surface area contributed by atoms with E-state index in [4.69, 9.17) is 14.5 Å². The van der Waals surface area contributed by atoms with Gasteiger partial charge in [-0.2, -0.15) is 0 Å². The number of methoxy groups -OCH3 is 2. The summed E-state index contributed by atoms with van der Waals surface area (Å²) in [7, 11) is 3.05. The van der Waals surface area contributed by atoms with E-state index < -0.39 is 0 Å². The van der Waals surface area contributed by atoms with Crippen LogP contribution in [-0.2, 0) is 10.5 Å². The van der Waals surface area contributed by atoms with Crippen LogP contribution in [0.15, 0.2) is 83.9 Å². The van der Waals surface area contributed by atoms with Crippen molar-refractivity contribution in [2.75, 3.05) is 14.2 Å². The van der Waals surface area contributed by atoms with E-state index in [1.54, 1.807) is 31.0 Å². The molecule has 0 bridgehead atoms. The van der Waals surface area contributed by atoms with Crippen molar-refractivity contribution in [3.8, 4) is 16.9 Å². The molecule has 0 amide bonds. The normalized spacial score (nSPS) is 10.7. The van der Waals surface area contributed by atoms with Gasteiger partial charge in [-0.05, 0) is 47.0 Å². The minimum atomic E-state index is -0.327. The van der Waals surface area contributed by atoms with Crippen molar-refractivity contribution in [1.82, 2.24) is 4.98 Å². The first-order valence-electron chi connectivity index (χ1n) is 9.52. The molecule has 150 valence electrons. The maximum Gasteiger partial charge on any atom is 0.337 e. The van der Waals surface area contributed by atoms with Crippen LogP contribution in [0.4, 0.5) is 0 Å². The molecule has 0 saturated carbocycles. The molecule has 0 fully saturated rings. The first-order valence-corrected chi connectivity index (χ1v) is 10.5. The van der Waals surface area contributed by atoms with Gasteiger partial charge >= 0.3 is 5.97 Å². The third-order valence-corrected chi connectivity index (χ3v) is 5.82. The number of carbonyl (C=O) groups excluding carboxylic acids is 1. The zero-order valence-corrected chi connectivity index (χ0v) is 17.6. The number of rotatable bonds is 6. The molecule has 4 nitrogen and oxygen atoms in total. The van der Waals surface area contributed by atoms with Gasteiger partial charge in [0.2, 0.25) is 0 Å². The molecule has 0 aliphatic heterocycles. The maximum absolute atomic E-state index is 11.6. The van der Waals surface area contributed by atoms with Gasteiger partial charge < -0.3 is 9.47 Å². The molecule has 0 aliphatic rings. The van der Waals surface area contributed by atoms with Gasteiger partial charge in [-0.25, -0.2) is 9.78 Å². The van der Waals surface area contributed by atoms with E-state index >= 15 is 0 Å². The van der Waals surface area contributed by atoms with Crippen molar-refractivity contribution < 1.29 is 14.3 Å². The molecule has 0 saturated heterocycles. The first kappa shape index (κ1) is 20.0. The largest absolute Gasteiger partial charge is 0.497 e. The molecule has 30 heavy (non-hydrogen) atoms. The molecule has 4 aromatic rings. The summed E-state index contributed by atoms with van der Waals surface area (Å²) >= 11 is 1.66. The van der Waals surface area contributed by atoms with Gasteiger partial charge in [-0.3, -0.25) is 0 Å². The van der Waals surface area contributed by atoms with Crippen LogP contribution in [0, 0.1) is 0 Å². The fourth-order valence-corrected chi connectivity index (χ4v) is 4.12. The summed E-state index contributed by atoms with van der Waals surface area (Å²) in [5.41, 5.74) is 4.86. The number of ether oxygens (including phenoxy) is 2. The SMILES string of the molecule is COC(=O)c1ccc(CSc2cc(-c3ccccc3)c3ccc(OC)cc3n2)cc1. The number of fused-ring (bicyclic) bond motifs is 1. The second-order valence-electron chi connectivity index (χ2n) is 6.73. The Morgan fingerprint density at radius 3 is 2.40 bits per heavy atom. The average molecular weight is 416 g/mol. The number of carbonyl (C=O) groups is 1. The van der Waals surface area contributed by atoms with Crippen molar-refractivity contribution in [1.29, 1.82) is 0 Å². The molecule has 1 aromatic heterocycles. The number of benzene rings is 3. The Balaban J connectivity index is 1.66. The summed E-state index contributed by atoms with van der Waals surface area (Å²) in [6.07, 6.45) is 0. The van der Waals surface area contributed by atoms with Crippen LogP contribution >= 0.6 is 11.8 Å². The molecular weight excluding hydrogens is 394 g/mol. The predicted octanol–water partition coefficient (Wildman–Crippen LogP) is 5.99. The molecule has 0 spiro atoms. The molecule has 0 N–H and O–H groups in total. The van der Waals surface area contributed by atoms with Crippen LogP contribution in [-0.4, -0.2) is 25.2 Å². The van der Waals surface area contributed by atoms with E-state index in [-0.39, 0.29) is 5.97 Å². The van der Waals surface area contributed by atoms with Crippen LogP contribution in [0.1, 0.15) is 15.9 Å². The summed E-state index contributed by atoms with van der Waals surface area (Å²) in [6, 6.07) is 25.9. The van der Waals surface area contributed by atoms with Crippen LogP contribution in [0.3, 0.4) is 0 Å². The minimum absolute atomic E-state index is 0.327. The number of pyridine rings is 1. The van der Waals surface area contributed by atoms with Crippen LogP contribution in [0.25, 0.3) is 22.0 Å². The number of esters is 1. The lowest BCUT2D eigenvalue weighted by atomic mass is 10.0. The van der Waals surface area contributed by atoms with Gasteiger partial charge in [-0.1, -0.05) is 42.5 Å². The number of hydrogen-bond donors (Lipinski definition) is 0. The zero-order valence-electron chi connectivity index (χ0n) is 16.8. The average Bonchev–Trinajstić information content (AvgIpc) is 2.82. The van der Waals surface area contributed by atoms with Gasteiger partial charge in [0, 0.05) is 17.2 Å². The van der Waals surface area contributed by atoms with Gasteiger partial charge in [0.15, 0.2) is 0 Å². The minimum Gasteiger partial charge on any atom is -0.497 e. The maximum atomic E-state index is 11.6. The Morgan fingerprint density at radius 2 is 1.70 bits per heavy atom. The van der Waals surface area contributed by atoms with Crippen LogP contribution < -0.4 is 4.74 Å². The Morgan fingerprint density at radius 1 is 0.933 bits per heavy atom. The highest BCUT2D eigenvalue weighted by atomic mass is 32.2. The summed E-state index contributed by atoms with van der Waals surface area (Å²) in [5.74, 6) is 1.21. The number of aromatic nitrogens is 1. The number of thioether (sulfide) groups is 1. The van der Waals surface area contributed by atoms with Crippen LogP contribution in [0.2, 0.25) is 0 Å². The lowest BCUT2D eigenvalue weighted by Crippen LogP contribution is -2.00. The highest BCUT2D eigenvalue weighted by Gasteiger charge is 2.10. The second-order valence-corrected chi connectivity index (χ2v) is 7.73. The van der Waals surface area contributed by atoms with Crippen molar-refractivity contribution in [2.24, 2.45) is 0 Å². The van der Waals surface area contributed by atoms with E-state index in [0.717, 1.165) is 44.1 Å². The van der Waals surface area contributed by atoms with E-state index in [9.17, 15) is 4.79 Å². The Labute approximate surface area is 179 Å². The Kier molecular flexibility index (Phi) is 6.00. The third kappa shape index (κ3) is 4.31. The lowest BCUT2D eigenvalue weighted by molar-refractivity contribution is 0.0600. The second kappa shape index (κ2) is 9.01. The van der Waals surface area contributed by atoms with Gasteiger partial charge in [-0.15, -0.1) is 11.8 Å². The smallest absolute Gasteiger partial charge is 0.337 e. The van der Waals surface area contributed by atoms with Crippen molar-refractivity contribution in [2.45, 2.75) is 10.8 Å². The topological polar surface area (TPSA) is 48.4 Å². The molecule has 0 radical (unpaired) electrons. The number of nitrogens with zero attached hydrogens (tertiary/aromatic N) is 1. The van der Waals surface area contributed by atoms with E-state index in [2.05, 4.69) is 24.3 Å². The summed E-state index contributed by atoms with van der Waals surface area (Å²) in [5, 5.41) is 2.03. The van der Waals surface area contributed by atoms with E-state index in [1.165, 1.54) is 7.11 Å². The highest BCUT2D eigenvalue weighted by molar-refractivity contribution is 7.98. The van der Waals surface area contributed by atoms with Crippen LogP contribution in [0.5, 0.6) is 5.75 Å². The first-order chi connectivity index (χ1) is 14.7. The van der Waals surface area contributed by atoms with E-state index in [1.807, 2.05) is 42.5 Å². The van der Waals surface area contributed by atoms with Crippen molar-refractivity contribution in [3.05, 3.63) is 90.0 Å². The summed E-state index contributed by atoms with van der Waals surface area (Å²) in [4.78, 5) is 16.5. The molecule has 0 aliphatic carbocycles. The molecule has 5 heteroatoms. The van der Waals surface area contributed by atoms with Crippen molar-refractivity contribution >= 4 is 28.6 Å². The molecule has 3 aromatic carbocycles. The molecule has 1 heterocycles. The summed E-state index contributed by atoms with van der Waals surface area (Å²) in [6.45, 7) is 0.